The quantitative estimate of drug-likeness (QED) is 0.907. The van der Waals surface area contributed by atoms with Crippen LogP contribution in [0.1, 0.15) is 17.4 Å². The first-order valence-electron chi connectivity index (χ1n) is 5.52. The molecular weight excluding hydrogens is 238 g/mol. The molecule has 17 heavy (non-hydrogen) atoms. The largest absolute Gasteiger partial charge is 0.491 e. The van der Waals surface area contributed by atoms with Crippen LogP contribution in [0.5, 0.6) is 5.75 Å². The summed E-state index contributed by atoms with van der Waals surface area (Å²) in [6.07, 6.45) is 0. The van der Waals surface area contributed by atoms with Crippen LogP contribution in [0.25, 0.3) is 0 Å². The lowest BCUT2D eigenvalue weighted by atomic mass is 10.1. The molecule has 2 heterocycles. The second-order valence-corrected chi connectivity index (χ2v) is 4.36. The van der Waals surface area contributed by atoms with Gasteiger partial charge in [0.2, 0.25) is 0 Å². The smallest absolute Gasteiger partial charge is 0.193 e. The van der Waals surface area contributed by atoms with Crippen LogP contribution in [0.3, 0.4) is 0 Å². The Balaban J connectivity index is 1.68. The van der Waals surface area contributed by atoms with E-state index in [0.717, 1.165) is 11.5 Å². The van der Waals surface area contributed by atoms with Crippen molar-refractivity contribution >= 4 is 11.6 Å². The molecule has 1 aliphatic heterocycles. The summed E-state index contributed by atoms with van der Waals surface area (Å²) in [6.45, 7) is 1.31. The highest BCUT2D eigenvalue weighted by molar-refractivity contribution is 6.28. The highest BCUT2D eigenvalue weighted by Gasteiger charge is 2.22. The van der Waals surface area contributed by atoms with Crippen LogP contribution in [0.4, 0.5) is 0 Å². The number of hydrogen-bond donors (Lipinski definition) is 1. The van der Waals surface area contributed by atoms with Gasteiger partial charge in [-0.15, -0.1) is 0 Å². The van der Waals surface area contributed by atoms with Crippen LogP contribution in [0, 0.1) is 0 Å². The number of benzene rings is 1. The first-order valence-corrected chi connectivity index (χ1v) is 5.90. The monoisotopic (exact) mass is 249 g/mol. The van der Waals surface area contributed by atoms with Gasteiger partial charge in [0, 0.05) is 5.56 Å². The number of halogens is 1. The van der Waals surface area contributed by atoms with E-state index >= 15 is 0 Å². The van der Waals surface area contributed by atoms with Gasteiger partial charge < -0.3 is 9.15 Å². The molecule has 4 heteroatoms. The molecule has 0 bridgehead atoms. The standard InChI is InChI=1S/C13H12ClNO2/c14-13-6-5-9(17-13)7-15-11-8-16-12-4-2-1-3-10(11)12/h1-6,11,15H,7-8H2. The third-order valence-corrected chi connectivity index (χ3v) is 3.05. The Morgan fingerprint density at radius 2 is 2.12 bits per heavy atom. The van der Waals surface area contributed by atoms with E-state index in [1.807, 2.05) is 24.3 Å². The Morgan fingerprint density at radius 1 is 1.24 bits per heavy atom. The molecule has 1 aromatic carbocycles. The average molecular weight is 250 g/mol. The zero-order valence-corrected chi connectivity index (χ0v) is 9.91. The molecular formula is C13H12ClNO2. The summed E-state index contributed by atoms with van der Waals surface area (Å²) < 4.78 is 10.9. The third-order valence-electron chi connectivity index (χ3n) is 2.85. The topological polar surface area (TPSA) is 34.4 Å². The summed E-state index contributed by atoms with van der Waals surface area (Å²) in [5, 5.41) is 3.81. The van der Waals surface area contributed by atoms with E-state index in [4.69, 9.17) is 20.8 Å². The predicted octanol–water partition coefficient (Wildman–Crippen LogP) is 3.16. The number of fused-ring (bicyclic) bond motifs is 1. The minimum atomic E-state index is 0.218. The van der Waals surface area contributed by atoms with Crippen molar-refractivity contribution in [3.05, 3.63) is 52.9 Å². The molecule has 88 valence electrons. The molecule has 0 radical (unpaired) electrons. The summed E-state index contributed by atoms with van der Waals surface area (Å²) in [7, 11) is 0. The average Bonchev–Trinajstić information content (AvgIpc) is 2.93. The van der Waals surface area contributed by atoms with Crippen molar-refractivity contribution in [2.24, 2.45) is 0 Å². The molecule has 0 saturated carbocycles. The van der Waals surface area contributed by atoms with Crippen molar-refractivity contribution in [2.45, 2.75) is 12.6 Å². The molecule has 1 atom stereocenters. The lowest BCUT2D eigenvalue weighted by Crippen LogP contribution is -2.21. The van der Waals surface area contributed by atoms with Crippen molar-refractivity contribution in [1.29, 1.82) is 0 Å². The van der Waals surface area contributed by atoms with Gasteiger partial charge in [0.25, 0.3) is 0 Å². The maximum absolute atomic E-state index is 5.72. The Labute approximate surface area is 104 Å². The molecule has 3 rings (SSSR count). The lowest BCUT2D eigenvalue weighted by Gasteiger charge is -2.09. The predicted molar refractivity (Wildman–Crippen MR) is 65.2 cm³/mol. The fraction of sp³-hybridized carbons (Fsp3) is 0.231. The Morgan fingerprint density at radius 3 is 2.94 bits per heavy atom. The third kappa shape index (κ3) is 2.16. The number of nitrogens with one attached hydrogen (secondary N) is 1. The van der Waals surface area contributed by atoms with Crippen LogP contribution in [0.15, 0.2) is 40.8 Å². The van der Waals surface area contributed by atoms with E-state index in [1.165, 1.54) is 5.56 Å². The van der Waals surface area contributed by atoms with Gasteiger partial charge >= 0.3 is 0 Å². The first-order chi connectivity index (χ1) is 8.33. The van der Waals surface area contributed by atoms with Crippen molar-refractivity contribution in [2.75, 3.05) is 6.61 Å². The molecule has 1 aromatic heterocycles. The minimum absolute atomic E-state index is 0.218. The van der Waals surface area contributed by atoms with Gasteiger partial charge in [-0.1, -0.05) is 18.2 Å². The van der Waals surface area contributed by atoms with Gasteiger partial charge in [0.1, 0.15) is 18.1 Å². The summed E-state index contributed by atoms with van der Waals surface area (Å²) in [5.41, 5.74) is 1.20. The van der Waals surface area contributed by atoms with Gasteiger partial charge in [-0.05, 0) is 29.8 Å². The van der Waals surface area contributed by atoms with E-state index in [9.17, 15) is 0 Å². The molecule has 1 aliphatic rings. The molecule has 0 aliphatic carbocycles. The van der Waals surface area contributed by atoms with E-state index in [0.29, 0.717) is 18.4 Å². The molecule has 2 aromatic rings. The number of rotatable bonds is 3. The highest BCUT2D eigenvalue weighted by atomic mass is 35.5. The van der Waals surface area contributed by atoms with Gasteiger partial charge in [0.05, 0.1) is 12.6 Å². The van der Waals surface area contributed by atoms with E-state index in [2.05, 4.69) is 11.4 Å². The molecule has 0 amide bonds. The van der Waals surface area contributed by atoms with Gasteiger partial charge in [0.15, 0.2) is 5.22 Å². The fourth-order valence-electron chi connectivity index (χ4n) is 2.00. The molecule has 0 fully saturated rings. The van der Waals surface area contributed by atoms with Crippen LogP contribution in [0.2, 0.25) is 5.22 Å². The maximum atomic E-state index is 5.72. The molecule has 0 saturated heterocycles. The van der Waals surface area contributed by atoms with Crippen LogP contribution in [-0.4, -0.2) is 6.61 Å². The van der Waals surface area contributed by atoms with Gasteiger partial charge in [-0.25, -0.2) is 0 Å². The second-order valence-electron chi connectivity index (χ2n) is 3.99. The fourth-order valence-corrected chi connectivity index (χ4v) is 2.16. The number of ether oxygens (including phenoxy) is 1. The molecule has 0 spiro atoms. The zero-order chi connectivity index (χ0) is 11.7. The normalized spacial score (nSPS) is 17.8. The molecule has 1 unspecified atom stereocenters. The Hall–Kier alpha value is -1.45. The zero-order valence-electron chi connectivity index (χ0n) is 9.15. The molecule has 1 N–H and O–H groups in total. The van der Waals surface area contributed by atoms with E-state index in [1.54, 1.807) is 6.07 Å². The minimum Gasteiger partial charge on any atom is -0.491 e. The number of furan rings is 1. The summed E-state index contributed by atoms with van der Waals surface area (Å²) in [5.74, 6) is 1.79. The maximum Gasteiger partial charge on any atom is 0.193 e. The summed E-state index contributed by atoms with van der Waals surface area (Å²) >= 11 is 5.72. The summed E-state index contributed by atoms with van der Waals surface area (Å²) in [4.78, 5) is 0. The van der Waals surface area contributed by atoms with Crippen molar-refractivity contribution in [3.63, 3.8) is 0 Å². The van der Waals surface area contributed by atoms with E-state index < -0.39 is 0 Å². The van der Waals surface area contributed by atoms with Crippen molar-refractivity contribution < 1.29 is 9.15 Å². The van der Waals surface area contributed by atoms with Crippen molar-refractivity contribution in [3.8, 4) is 5.75 Å². The lowest BCUT2D eigenvalue weighted by molar-refractivity contribution is 0.306. The number of hydrogen-bond acceptors (Lipinski definition) is 3. The highest BCUT2D eigenvalue weighted by Crippen LogP contribution is 2.31. The van der Waals surface area contributed by atoms with Crippen molar-refractivity contribution in [1.82, 2.24) is 5.32 Å². The molecule has 3 nitrogen and oxygen atoms in total. The second kappa shape index (κ2) is 4.43. The first kappa shape index (κ1) is 10.7. The summed E-state index contributed by atoms with van der Waals surface area (Å²) in [6, 6.07) is 11.9. The van der Waals surface area contributed by atoms with E-state index in [-0.39, 0.29) is 6.04 Å². The Bertz CT molecular complexity index is 524. The van der Waals surface area contributed by atoms with Gasteiger partial charge in [-0.3, -0.25) is 5.32 Å². The van der Waals surface area contributed by atoms with Crippen LogP contribution < -0.4 is 10.1 Å². The van der Waals surface area contributed by atoms with Crippen LogP contribution in [-0.2, 0) is 6.54 Å². The SMILES string of the molecule is Clc1ccc(CNC2COc3ccccc32)o1. The van der Waals surface area contributed by atoms with Crippen LogP contribution >= 0.6 is 11.6 Å². The number of para-hydroxylation sites is 1. The Kier molecular flexibility index (Phi) is 2.79. The van der Waals surface area contributed by atoms with Gasteiger partial charge in [-0.2, -0.15) is 0 Å².